The van der Waals surface area contributed by atoms with Crippen molar-refractivity contribution in [3.63, 3.8) is 0 Å². The van der Waals surface area contributed by atoms with E-state index in [4.69, 9.17) is 11.6 Å². The first-order valence-corrected chi connectivity index (χ1v) is 8.11. The topological polar surface area (TPSA) is 124 Å². The van der Waals surface area contributed by atoms with E-state index in [1.807, 2.05) is 0 Å². The van der Waals surface area contributed by atoms with Crippen LogP contribution in [0.15, 0.2) is 24.3 Å². The van der Waals surface area contributed by atoms with Crippen LogP contribution >= 0.6 is 11.6 Å². The summed E-state index contributed by atoms with van der Waals surface area (Å²) in [5.74, 6) is -5.02. The first kappa shape index (κ1) is 19.2. The molecule has 0 aromatic heterocycles. The Hall–Kier alpha value is -3.52. The number of aromatic carboxylic acids is 1. The summed E-state index contributed by atoms with van der Waals surface area (Å²) in [6, 6.07) is 4.84. The van der Waals surface area contributed by atoms with Gasteiger partial charge in [0.05, 0.1) is 41.5 Å². The zero-order chi connectivity index (χ0) is 20.7. The second-order valence-corrected chi connectivity index (χ2v) is 6.09. The molecule has 0 radical (unpaired) electrons. The maximum absolute atomic E-state index is 13.2. The highest BCUT2D eigenvalue weighted by atomic mass is 35.5. The molecule has 0 atom stereocenters. The molecular weight excluding hydrogens is 392 g/mol. The Labute approximate surface area is 162 Å². The molecule has 0 fully saturated rings. The van der Waals surface area contributed by atoms with E-state index < -0.39 is 56.8 Å². The molecule has 8 nitrogen and oxygen atoms in total. The van der Waals surface area contributed by atoms with Crippen molar-refractivity contribution in [3.05, 3.63) is 68.2 Å². The third kappa shape index (κ3) is 2.66. The molecule has 2 aromatic carbocycles. The van der Waals surface area contributed by atoms with E-state index in [0.717, 1.165) is 20.3 Å². The van der Waals surface area contributed by atoms with Crippen LogP contribution in [0.4, 0.5) is 0 Å². The van der Waals surface area contributed by atoms with Crippen molar-refractivity contribution in [2.45, 2.75) is 0 Å². The molecule has 0 saturated carbocycles. The van der Waals surface area contributed by atoms with Crippen LogP contribution in [0, 0.1) is 0 Å². The van der Waals surface area contributed by atoms with Crippen LogP contribution in [0.25, 0.3) is 0 Å². The lowest BCUT2D eigenvalue weighted by Gasteiger charge is -2.23. The number of esters is 2. The van der Waals surface area contributed by atoms with E-state index in [1.165, 1.54) is 18.2 Å². The molecule has 0 heterocycles. The largest absolute Gasteiger partial charge is 0.478 e. The van der Waals surface area contributed by atoms with Crippen molar-refractivity contribution < 1.29 is 38.6 Å². The van der Waals surface area contributed by atoms with Crippen LogP contribution in [0.2, 0.25) is 5.02 Å². The van der Waals surface area contributed by atoms with Gasteiger partial charge in [-0.15, -0.1) is 0 Å². The average Bonchev–Trinajstić information content (AvgIpc) is 2.69. The van der Waals surface area contributed by atoms with Crippen molar-refractivity contribution in [2.24, 2.45) is 0 Å². The second-order valence-electron chi connectivity index (χ2n) is 5.71. The minimum absolute atomic E-state index is 0.152. The number of carboxylic acids is 1. The SMILES string of the molecule is COC(=O)c1cccc2c1C(=O)c1c(C(=O)OC)cc(C(=O)O)c(Cl)c1C2=O. The van der Waals surface area contributed by atoms with Crippen LogP contribution < -0.4 is 0 Å². The number of ether oxygens (including phenoxy) is 2. The summed E-state index contributed by atoms with van der Waals surface area (Å²) in [5.41, 5.74) is -2.40. The van der Waals surface area contributed by atoms with Gasteiger partial charge in [-0.3, -0.25) is 9.59 Å². The molecule has 142 valence electrons. The van der Waals surface area contributed by atoms with E-state index in [1.54, 1.807) is 0 Å². The number of fused-ring (bicyclic) bond motifs is 2. The molecule has 0 aliphatic heterocycles. The smallest absolute Gasteiger partial charge is 0.338 e. The number of hydrogen-bond acceptors (Lipinski definition) is 7. The van der Waals surface area contributed by atoms with Gasteiger partial charge < -0.3 is 14.6 Å². The monoisotopic (exact) mass is 402 g/mol. The van der Waals surface area contributed by atoms with Gasteiger partial charge in [-0.25, -0.2) is 14.4 Å². The van der Waals surface area contributed by atoms with E-state index in [-0.39, 0.29) is 16.7 Å². The van der Waals surface area contributed by atoms with Crippen molar-refractivity contribution >= 4 is 41.1 Å². The second kappa shape index (κ2) is 6.90. The Morgan fingerprint density at radius 2 is 1.46 bits per heavy atom. The van der Waals surface area contributed by atoms with Crippen LogP contribution in [0.1, 0.15) is 62.9 Å². The molecule has 0 bridgehead atoms. The summed E-state index contributed by atoms with van der Waals surface area (Å²) in [4.78, 5) is 62.0. The molecule has 9 heteroatoms. The van der Waals surface area contributed by atoms with Crippen LogP contribution in [-0.4, -0.2) is 48.8 Å². The lowest BCUT2D eigenvalue weighted by molar-refractivity contribution is 0.0592. The summed E-state index contributed by atoms with van der Waals surface area (Å²) in [6.45, 7) is 0. The minimum atomic E-state index is -1.49. The third-order valence-electron chi connectivity index (χ3n) is 4.30. The van der Waals surface area contributed by atoms with Gasteiger partial charge in [0.1, 0.15) is 0 Å². The lowest BCUT2D eigenvalue weighted by atomic mass is 9.79. The quantitative estimate of drug-likeness (QED) is 0.662. The minimum Gasteiger partial charge on any atom is -0.478 e. The Morgan fingerprint density at radius 1 is 0.857 bits per heavy atom. The number of benzene rings is 2. The van der Waals surface area contributed by atoms with Gasteiger partial charge in [-0.05, 0) is 12.1 Å². The summed E-state index contributed by atoms with van der Waals surface area (Å²) in [7, 11) is 2.15. The number of methoxy groups -OCH3 is 2. The molecule has 0 saturated heterocycles. The number of carbonyl (C=O) groups is 5. The number of rotatable bonds is 3. The average molecular weight is 403 g/mol. The number of hydrogen-bond donors (Lipinski definition) is 1. The standard InChI is InChI=1S/C19H11ClO8/c1-27-18(25)8-5-3-4-7-11(8)16(22)12-9(19(26)28-2)6-10(17(23)24)14(20)13(12)15(7)21/h3-6H,1-2H3,(H,23,24). The van der Waals surface area contributed by atoms with E-state index in [0.29, 0.717) is 0 Å². The van der Waals surface area contributed by atoms with Gasteiger partial charge in [-0.1, -0.05) is 23.7 Å². The number of ketones is 2. The molecule has 1 aliphatic carbocycles. The third-order valence-corrected chi connectivity index (χ3v) is 4.69. The van der Waals surface area contributed by atoms with Gasteiger partial charge in [0.2, 0.25) is 0 Å². The zero-order valence-electron chi connectivity index (χ0n) is 14.5. The Kier molecular flexibility index (Phi) is 4.74. The first-order chi connectivity index (χ1) is 13.2. The fourth-order valence-electron chi connectivity index (χ4n) is 3.06. The van der Waals surface area contributed by atoms with E-state index in [9.17, 15) is 29.1 Å². The van der Waals surface area contributed by atoms with E-state index in [2.05, 4.69) is 9.47 Å². The molecule has 3 rings (SSSR count). The number of halogens is 1. The van der Waals surface area contributed by atoms with Gasteiger partial charge in [0.15, 0.2) is 11.6 Å². The van der Waals surface area contributed by atoms with Crippen LogP contribution in [0.3, 0.4) is 0 Å². The van der Waals surface area contributed by atoms with Crippen LogP contribution in [-0.2, 0) is 9.47 Å². The van der Waals surface area contributed by atoms with Gasteiger partial charge in [0.25, 0.3) is 0 Å². The van der Waals surface area contributed by atoms with Gasteiger partial charge in [-0.2, -0.15) is 0 Å². The molecule has 0 unspecified atom stereocenters. The molecule has 0 amide bonds. The molecular formula is C19H11ClO8. The van der Waals surface area contributed by atoms with Crippen molar-refractivity contribution in [3.8, 4) is 0 Å². The summed E-state index contributed by atoms with van der Waals surface area (Å²) in [6.07, 6.45) is 0. The van der Waals surface area contributed by atoms with Gasteiger partial charge >= 0.3 is 17.9 Å². The molecule has 1 aliphatic rings. The maximum atomic E-state index is 13.2. The molecule has 28 heavy (non-hydrogen) atoms. The molecule has 2 aromatic rings. The molecule has 1 N–H and O–H groups in total. The van der Waals surface area contributed by atoms with Crippen molar-refractivity contribution in [1.29, 1.82) is 0 Å². The zero-order valence-corrected chi connectivity index (χ0v) is 15.2. The summed E-state index contributed by atoms with van der Waals surface area (Å²) >= 11 is 6.10. The first-order valence-electron chi connectivity index (χ1n) is 7.73. The highest BCUT2D eigenvalue weighted by molar-refractivity contribution is 6.42. The van der Waals surface area contributed by atoms with Crippen molar-refractivity contribution in [1.82, 2.24) is 0 Å². The predicted octanol–water partition coefficient (Wildman–Crippen LogP) is 2.39. The summed E-state index contributed by atoms with van der Waals surface area (Å²) < 4.78 is 9.27. The van der Waals surface area contributed by atoms with Gasteiger partial charge in [0, 0.05) is 16.7 Å². The Bertz CT molecular complexity index is 1100. The summed E-state index contributed by atoms with van der Waals surface area (Å²) in [5, 5.41) is 8.86. The Morgan fingerprint density at radius 3 is 2.04 bits per heavy atom. The highest BCUT2D eigenvalue weighted by Gasteiger charge is 2.39. The van der Waals surface area contributed by atoms with Crippen molar-refractivity contribution in [2.75, 3.05) is 14.2 Å². The normalized spacial score (nSPS) is 12.1. The number of carbonyl (C=O) groups excluding carboxylic acids is 4. The maximum Gasteiger partial charge on any atom is 0.338 e. The fourth-order valence-corrected chi connectivity index (χ4v) is 3.38. The molecule has 0 spiro atoms. The predicted molar refractivity (Wildman–Crippen MR) is 94.4 cm³/mol. The highest BCUT2D eigenvalue weighted by Crippen LogP contribution is 2.37. The van der Waals surface area contributed by atoms with Crippen LogP contribution in [0.5, 0.6) is 0 Å². The number of carboxylic acid groups (broad SMARTS) is 1. The Balaban J connectivity index is 2.45. The fraction of sp³-hybridized carbons (Fsp3) is 0.105. The van der Waals surface area contributed by atoms with E-state index >= 15 is 0 Å². The lowest BCUT2D eigenvalue weighted by Crippen LogP contribution is -2.28.